The molecule has 7 nitrogen and oxygen atoms in total. The lowest BCUT2D eigenvalue weighted by Gasteiger charge is -2.34. The summed E-state index contributed by atoms with van der Waals surface area (Å²) in [4.78, 5) is 12.2. The van der Waals surface area contributed by atoms with Crippen molar-refractivity contribution in [3.8, 4) is 11.5 Å². The Bertz CT molecular complexity index is 565. The van der Waals surface area contributed by atoms with Crippen LogP contribution in [-0.2, 0) is 0 Å². The molecule has 1 fully saturated rings. The maximum absolute atomic E-state index is 13.7. The Balaban J connectivity index is 2.53. The van der Waals surface area contributed by atoms with E-state index in [0.29, 0.717) is 26.2 Å². The van der Waals surface area contributed by atoms with Crippen molar-refractivity contribution in [2.45, 2.75) is 12.5 Å². The van der Waals surface area contributed by atoms with E-state index in [9.17, 15) is 18.9 Å². The van der Waals surface area contributed by atoms with Crippen LogP contribution in [0.15, 0.2) is 12.1 Å². The molecule has 1 N–H and O–H groups in total. The minimum atomic E-state index is -2.76. The van der Waals surface area contributed by atoms with Crippen molar-refractivity contribution in [1.82, 2.24) is 10.2 Å². The van der Waals surface area contributed by atoms with Gasteiger partial charge in [-0.1, -0.05) is 0 Å². The van der Waals surface area contributed by atoms with E-state index in [1.54, 1.807) is 4.90 Å². The summed E-state index contributed by atoms with van der Waals surface area (Å²) in [5.41, 5.74) is -0.462. The van der Waals surface area contributed by atoms with E-state index in [-0.39, 0.29) is 17.1 Å². The average Bonchev–Trinajstić information content (AvgIpc) is 2.54. The summed E-state index contributed by atoms with van der Waals surface area (Å²) in [5, 5.41) is 14.4. The van der Waals surface area contributed by atoms with Crippen LogP contribution in [0.4, 0.5) is 14.5 Å². The highest BCUT2D eigenvalue weighted by Gasteiger charge is 2.36. The van der Waals surface area contributed by atoms with Gasteiger partial charge in [-0.25, -0.2) is 8.78 Å². The van der Waals surface area contributed by atoms with Crippen LogP contribution in [0, 0.1) is 10.1 Å². The van der Waals surface area contributed by atoms with E-state index < -0.39 is 23.1 Å². The number of nitro benzene ring substituents is 1. The lowest BCUT2D eigenvalue weighted by molar-refractivity contribution is -0.386. The Morgan fingerprint density at radius 3 is 2.26 bits per heavy atom. The molecule has 0 aromatic heterocycles. The monoisotopic (exact) mass is 331 g/mol. The van der Waals surface area contributed by atoms with Gasteiger partial charge in [0, 0.05) is 26.2 Å². The van der Waals surface area contributed by atoms with Crippen molar-refractivity contribution >= 4 is 5.69 Å². The van der Waals surface area contributed by atoms with E-state index in [1.807, 2.05) is 0 Å². The topological polar surface area (TPSA) is 76.9 Å². The largest absolute Gasteiger partial charge is 0.493 e. The van der Waals surface area contributed by atoms with Crippen molar-refractivity contribution in [1.29, 1.82) is 0 Å². The highest BCUT2D eigenvalue weighted by atomic mass is 19.3. The second-order valence-electron chi connectivity index (χ2n) is 5.09. The highest BCUT2D eigenvalue weighted by molar-refractivity contribution is 5.55. The Morgan fingerprint density at radius 2 is 1.78 bits per heavy atom. The Morgan fingerprint density at radius 1 is 1.22 bits per heavy atom. The van der Waals surface area contributed by atoms with Gasteiger partial charge in [-0.05, 0) is 6.07 Å². The number of benzene rings is 1. The third-order valence-electron chi connectivity index (χ3n) is 3.83. The average molecular weight is 331 g/mol. The molecular formula is C14H19F2N3O4. The van der Waals surface area contributed by atoms with Crippen molar-refractivity contribution in [2.24, 2.45) is 0 Å². The number of methoxy groups -OCH3 is 2. The summed E-state index contributed by atoms with van der Waals surface area (Å²) in [6.45, 7) is 1.90. The first-order valence-electron chi connectivity index (χ1n) is 7.12. The van der Waals surface area contributed by atoms with Gasteiger partial charge < -0.3 is 14.8 Å². The predicted molar refractivity (Wildman–Crippen MR) is 79.4 cm³/mol. The summed E-state index contributed by atoms with van der Waals surface area (Å²) in [6, 6.07) is 1.04. The number of rotatable bonds is 6. The third kappa shape index (κ3) is 3.67. The van der Waals surface area contributed by atoms with Crippen LogP contribution in [0.5, 0.6) is 11.5 Å². The van der Waals surface area contributed by atoms with Crippen LogP contribution in [0.2, 0.25) is 0 Å². The summed E-state index contributed by atoms with van der Waals surface area (Å²) in [5.74, 6) is 0.324. The molecule has 0 amide bonds. The molecule has 23 heavy (non-hydrogen) atoms. The Hall–Kier alpha value is -2.00. The number of ether oxygens (including phenoxy) is 2. The normalized spacial score (nSPS) is 17.1. The van der Waals surface area contributed by atoms with Crippen molar-refractivity contribution in [3.63, 3.8) is 0 Å². The number of nitro groups is 1. The summed E-state index contributed by atoms with van der Waals surface area (Å²) >= 11 is 0. The molecular weight excluding hydrogens is 312 g/mol. The number of piperazine rings is 1. The molecule has 0 unspecified atom stereocenters. The fourth-order valence-electron chi connectivity index (χ4n) is 2.73. The molecule has 128 valence electrons. The summed E-state index contributed by atoms with van der Waals surface area (Å²) < 4.78 is 37.5. The van der Waals surface area contributed by atoms with Crippen molar-refractivity contribution < 1.29 is 23.2 Å². The smallest absolute Gasteiger partial charge is 0.278 e. The molecule has 1 aliphatic heterocycles. The third-order valence-corrected chi connectivity index (χ3v) is 3.83. The minimum Gasteiger partial charge on any atom is -0.493 e. The summed E-state index contributed by atoms with van der Waals surface area (Å²) in [7, 11) is 2.69. The first-order valence-corrected chi connectivity index (χ1v) is 7.12. The van der Waals surface area contributed by atoms with Gasteiger partial charge in [0.1, 0.15) is 6.04 Å². The van der Waals surface area contributed by atoms with Crippen LogP contribution < -0.4 is 14.8 Å². The number of nitrogens with one attached hydrogen (secondary N) is 1. The van der Waals surface area contributed by atoms with E-state index in [0.717, 1.165) is 6.07 Å². The predicted octanol–water partition coefficient (Wildman–Crippen LogP) is 1.82. The number of nitrogens with zero attached hydrogens (tertiary/aromatic N) is 2. The SMILES string of the molecule is COc1cc([C@@H](C(F)F)N2CCNCC2)c([N+](=O)[O-])cc1OC. The fourth-order valence-corrected chi connectivity index (χ4v) is 2.73. The van der Waals surface area contributed by atoms with E-state index in [2.05, 4.69) is 5.32 Å². The number of alkyl halides is 2. The second-order valence-corrected chi connectivity index (χ2v) is 5.09. The van der Waals surface area contributed by atoms with E-state index >= 15 is 0 Å². The lowest BCUT2D eigenvalue weighted by atomic mass is 10.0. The zero-order chi connectivity index (χ0) is 17.0. The molecule has 0 spiro atoms. The fraction of sp³-hybridized carbons (Fsp3) is 0.571. The molecule has 0 bridgehead atoms. The van der Waals surface area contributed by atoms with Gasteiger partial charge in [0.2, 0.25) is 0 Å². The zero-order valence-corrected chi connectivity index (χ0v) is 12.9. The standard InChI is InChI=1S/C14H19F2N3O4/c1-22-11-7-9(10(19(20)21)8-12(11)23-2)13(14(15)16)18-5-3-17-4-6-18/h7-8,13-14,17H,3-6H2,1-2H3/t13-/m0/s1. The van der Waals surface area contributed by atoms with Crippen molar-refractivity contribution in [3.05, 3.63) is 27.8 Å². The maximum Gasteiger partial charge on any atom is 0.278 e. The van der Waals surface area contributed by atoms with Gasteiger partial charge in [0.15, 0.2) is 11.5 Å². The Kier molecular flexibility index (Phi) is 5.67. The molecule has 9 heteroatoms. The molecule has 1 heterocycles. The molecule has 1 aromatic rings. The van der Waals surface area contributed by atoms with Crippen LogP contribution in [0.3, 0.4) is 0 Å². The molecule has 0 aliphatic carbocycles. The molecule has 0 radical (unpaired) electrons. The van der Waals surface area contributed by atoms with Gasteiger partial charge in [-0.3, -0.25) is 15.0 Å². The first kappa shape index (κ1) is 17.4. The van der Waals surface area contributed by atoms with Gasteiger partial charge in [0.25, 0.3) is 12.1 Å². The molecule has 0 saturated carbocycles. The van der Waals surface area contributed by atoms with Crippen LogP contribution in [0.25, 0.3) is 0 Å². The number of hydrogen-bond acceptors (Lipinski definition) is 6. The minimum absolute atomic E-state index is 0.0652. The second kappa shape index (κ2) is 7.51. The van der Waals surface area contributed by atoms with E-state index in [1.165, 1.54) is 20.3 Å². The molecule has 1 saturated heterocycles. The molecule has 1 aromatic carbocycles. The molecule has 1 atom stereocenters. The quantitative estimate of drug-likeness (QED) is 0.633. The van der Waals surface area contributed by atoms with Crippen LogP contribution in [0.1, 0.15) is 11.6 Å². The summed E-state index contributed by atoms with van der Waals surface area (Å²) in [6.07, 6.45) is -2.76. The highest BCUT2D eigenvalue weighted by Crippen LogP contribution is 2.41. The van der Waals surface area contributed by atoms with Crippen molar-refractivity contribution in [2.75, 3.05) is 40.4 Å². The zero-order valence-electron chi connectivity index (χ0n) is 12.9. The van der Waals surface area contributed by atoms with E-state index in [4.69, 9.17) is 9.47 Å². The molecule has 1 aliphatic rings. The maximum atomic E-state index is 13.7. The van der Waals surface area contributed by atoms with Gasteiger partial charge in [-0.15, -0.1) is 0 Å². The van der Waals surface area contributed by atoms with Gasteiger partial charge in [0.05, 0.1) is 30.8 Å². The molecule has 2 rings (SSSR count). The Labute approximate surface area is 132 Å². The van der Waals surface area contributed by atoms with Crippen LogP contribution >= 0.6 is 0 Å². The van der Waals surface area contributed by atoms with Gasteiger partial charge in [-0.2, -0.15) is 0 Å². The first-order chi connectivity index (χ1) is 11.0. The lowest BCUT2D eigenvalue weighted by Crippen LogP contribution is -2.47. The van der Waals surface area contributed by atoms with Crippen LogP contribution in [-0.4, -0.2) is 56.6 Å². The van der Waals surface area contributed by atoms with Gasteiger partial charge >= 0.3 is 0 Å². The number of halogens is 2. The number of hydrogen-bond donors (Lipinski definition) is 1.